The van der Waals surface area contributed by atoms with E-state index >= 15 is 0 Å². The Morgan fingerprint density at radius 2 is 1.89 bits per heavy atom. The van der Waals surface area contributed by atoms with Gasteiger partial charge in [0.15, 0.2) is 5.13 Å². The maximum atomic E-state index is 12.9. The molecule has 6 heteroatoms. The second-order valence-corrected chi connectivity index (χ2v) is 8.09. The fraction of sp³-hybridized carbons (Fsp3) is 0.273. The van der Waals surface area contributed by atoms with E-state index in [0.717, 1.165) is 37.3 Å². The van der Waals surface area contributed by atoms with Gasteiger partial charge in [-0.2, -0.15) is 0 Å². The number of amides is 1. The number of benzene rings is 2. The van der Waals surface area contributed by atoms with Crippen LogP contribution in [0.1, 0.15) is 28.1 Å². The number of hydrogen-bond acceptors (Lipinski definition) is 4. The van der Waals surface area contributed by atoms with Gasteiger partial charge in [0, 0.05) is 37.4 Å². The zero-order valence-electron chi connectivity index (χ0n) is 15.5. The first-order valence-corrected chi connectivity index (χ1v) is 10.3. The molecule has 0 bridgehead atoms. The molecule has 1 N–H and O–H groups in total. The summed E-state index contributed by atoms with van der Waals surface area (Å²) in [7, 11) is 0. The number of halogens is 1. The minimum absolute atomic E-state index is 0.0587. The van der Waals surface area contributed by atoms with Crippen LogP contribution in [0.5, 0.6) is 0 Å². The fourth-order valence-electron chi connectivity index (χ4n) is 3.37. The Labute approximate surface area is 168 Å². The number of nitrogens with zero attached hydrogens (tertiary/aromatic N) is 2. The largest absolute Gasteiger partial charge is 0.302 e. The number of nitrogens with one attached hydrogen (secondary N) is 1. The maximum absolute atomic E-state index is 12.9. The van der Waals surface area contributed by atoms with E-state index in [2.05, 4.69) is 39.5 Å². The van der Waals surface area contributed by atoms with Crippen LogP contribution in [0.25, 0.3) is 0 Å². The molecule has 1 aromatic heterocycles. The molecule has 0 unspecified atom stereocenters. The molecule has 0 saturated heterocycles. The maximum Gasteiger partial charge on any atom is 0.226 e. The van der Waals surface area contributed by atoms with Crippen LogP contribution in [-0.4, -0.2) is 22.3 Å². The van der Waals surface area contributed by atoms with Crippen molar-refractivity contribution >= 4 is 22.4 Å². The first kappa shape index (κ1) is 18.8. The van der Waals surface area contributed by atoms with E-state index in [0.29, 0.717) is 18.0 Å². The second-order valence-electron chi connectivity index (χ2n) is 7.01. The molecular formula is C22H22FN3OS. The highest BCUT2D eigenvalue weighted by atomic mass is 32.1. The lowest BCUT2D eigenvalue weighted by molar-refractivity contribution is -0.116. The highest BCUT2D eigenvalue weighted by molar-refractivity contribution is 7.15. The predicted octanol–water partition coefficient (Wildman–Crippen LogP) is 4.41. The molecule has 28 heavy (non-hydrogen) atoms. The number of aryl methyl sites for hydroxylation is 1. The van der Waals surface area contributed by atoms with Gasteiger partial charge < -0.3 is 5.32 Å². The Morgan fingerprint density at radius 3 is 2.68 bits per heavy atom. The van der Waals surface area contributed by atoms with Crippen molar-refractivity contribution in [2.45, 2.75) is 32.4 Å². The Morgan fingerprint density at radius 1 is 1.11 bits per heavy atom. The highest BCUT2D eigenvalue weighted by Gasteiger charge is 2.21. The SMILES string of the molecule is O=C(CCc1ccc(F)cc1)Nc1nc2c(s1)CN(Cc1ccccc1)CC2. The molecule has 2 heterocycles. The lowest BCUT2D eigenvalue weighted by atomic mass is 10.1. The van der Waals surface area contributed by atoms with E-state index in [1.165, 1.54) is 22.6 Å². The van der Waals surface area contributed by atoms with E-state index in [1.54, 1.807) is 23.5 Å². The number of hydrogen-bond donors (Lipinski definition) is 1. The second kappa shape index (κ2) is 8.63. The number of fused-ring (bicyclic) bond motifs is 1. The summed E-state index contributed by atoms with van der Waals surface area (Å²) in [6, 6.07) is 16.7. The van der Waals surface area contributed by atoms with Crippen molar-refractivity contribution in [3.05, 3.63) is 82.1 Å². The molecule has 1 amide bonds. The topological polar surface area (TPSA) is 45.2 Å². The van der Waals surface area contributed by atoms with Crippen LogP contribution >= 0.6 is 11.3 Å². The molecule has 0 atom stereocenters. The number of rotatable bonds is 6. The molecule has 1 aliphatic rings. The van der Waals surface area contributed by atoms with Gasteiger partial charge in [0.25, 0.3) is 0 Å². The number of carbonyl (C=O) groups excluding carboxylic acids is 1. The zero-order chi connectivity index (χ0) is 19.3. The number of thiazole rings is 1. The average molecular weight is 396 g/mol. The van der Waals surface area contributed by atoms with E-state index in [4.69, 9.17) is 0 Å². The van der Waals surface area contributed by atoms with Crippen molar-refractivity contribution in [3.63, 3.8) is 0 Å². The van der Waals surface area contributed by atoms with Crippen LogP contribution in [0, 0.1) is 5.82 Å². The summed E-state index contributed by atoms with van der Waals surface area (Å²) in [5.74, 6) is -0.320. The third-order valence-electron chi connectivity index (χ3n) is 4.86. The summed E-state index contributed by atoms with van der Waals surface area (Å²) >= 11 is 1.57. The van der Waals surface area contributed by atoms with Crippen molar-refractivity contribution in [2.24, 2.45) is 0 Å². The van der Waals surface area contributed by atoms with Crippen LogP contribution in [0.2, 0.25) is 0 Å². The fourth-order valence-corrected chi connectivity index (χ4v) is 4.44. The Hall–Kier alpha value is -2.57. The van der Waals surface area contributed by atoms with Crippen LogP contribution in [0.4, 0.5) is 9.52 Å². The minimum atomic E-state index is -0.261. The van der Waals surface area contributed by atoms with Gasteiger partial charge in [-0.1, -0.05) is 42.5 Å². The van der Waals surface area contributed by atoms with Crippen molar-refractivity contribution < 1.29 is 9.18 Å². The summed E-state index contributed by atoms with van der Waals surface area (Å²) in [6.45, 7) is 2.77. The molecule has 3 aromatic rings. The highest BCUT2D eigenvalue weighted by Crippen LogP contribution is 2.29. The summed E-state index contributed by atoms with van der Waals surface area (Å²) < 4.78 is 12.9. The van der Waals surface area contributed by atoms with Gasteiger partial charge >= 0.3 is 0 Å². The van der Waals surface area contributed by atoms with E-state index < -0.39 is 0 Å². The molecule has 4 nitrogen and oxygen atoms in total. The Kier molecular flexibility index (Phi) is 5.78. The third-order valence-corrected chi connectivity index (χ3v) is 5.86. The minimum Gasteiger partial charge on any atom is -0.302 e. The molecule has 0 aliphatic carbocycles. The molecule has 0 radical (unpaired) electrons. The lowest BCUT2D eigenvalue weighted by Gasteiger charge is -2.25. The quantitative estimate of drug-likeness (QED) is 0.672. The smallest absolute Gasteiger partial charge is 0.226 e. The first-order chi connectivity index (χ1) is 13.7. The van der Waals surface area contributed by atoms with Crippen molar-refractivity contribution in [1.82, 2.24) is 9.88 Å². The van der Waals surface area contributed by atoms with Gasteiger partial charge in [0.05, 0.1) is 5.69 Å². The van der Waals surface area contributed by atoms with E-state index in [9.17, 15) is 9.18 Å². The standard InChI is InChI=1S/C22H22FN3OS/c23-18-9-6-16(7-10-18)8-11-21(27)25-22-24-19-12-13-26(15-20(19)28-22)14-17-4-2-1-3-5-17/h1-7,9-10H,8,11-15H2,(H,24,25,27). The molecule has 0 fully saturated rings. The van der Waals surface area contributed by atoms with Crippen LogP contribution in [0.3, 0.4) is 0 Å². The number of aromatic nitrogens is 1. The molecule has 144 valence electrons. The molecule has 0 spiro atoms. The van der Waals surface area contributed by atoms with Crippen molar-refractivity contribution in [1.29, 1.82) is 0 Å². The van der Waals surface area contributed by atoms with Crippen molar-refractivity contribution in [2.75, 3.05) is 11.9 Å². The average Bonchev–Trinajstić information content (AvgIpc) is 3.10. The van der Waals surface area contributed by atoms with Gasteiger partial charge in [0.1, 0.15) is 5.82 Å². The Balaban J connectivity index is 1.31. The van der Waals surface area contributed by atoms with Crippen LogP contribution in [-0.2, 0) is 30.7 Å². The molecule has 1 aliphatic heterocycles. The van der Waals surface area contributed by atoms with Gasteiger partial charge in [0.2, 0.25) is 5.91 Å². The third kappa shape index (κ3) is 4.82. The molecular weight excluding hydrogens is 373 g/mol. The molecule has 4 rings (SSSR count). The summed E-state index contributed by atoms with van der Waals surface area (Å²) in [5, 5.41) is 3.60. The van der Waals surface area contributed by atoms with Gasteiger partial charge in [-0.3, -0.25) is 9.69 Å². The van der Waals surface area contributed by atoms with Crippen LogP contribution < -0.4 is 5.32 Å². The van der Waals surface area contributed by atoms with Crippen LogP contribution in [0.15, 0.2) is 54.6 Å². The molecule has 0 saturated carbocycles. The predicted molar refractivity (Wildman–Crippen MR) is 110 cm³/mol. The van der Waals surface area contributed by atoms with Gasteiger partial charge in [-0.15, -0.1) is 11.3 Å². The summed E-state index contributed by atoms with van der Waals surface area (Å²) in [6.07, 6.45) is 1.85. The van der Waals surface area contributed by atoms with E-state index in [-0.39, 0.29) is 11.7 Å². The molecule has 2 aromatic carbocycles. The monoisotopic (exact) mass is 395 g/mol. The van der Waals surface area contributed by atoms with E-state index in [1.807, 2.05) is 6.07 Å². The number of anilines is 1. The van der Waals surface area contributed by atoms with Crippen molar-refractivity contribution in [3.8, 4) is 0 Å². The number of carbonyl (C=O) groups is 1. The Bertz CT molecular complexity index is 940. The lowest BCUT2D eigenvalue weighted by Crippen LogP contribution is -2.29. The summed E-state index contributed by atoms with van der Waals surface area (Å²) in [5.41, 5.74) is 3.36. The zero-order valence-corrected chi connectivity index (χ0v) is 16.3. The van der Waals surface area contributed by atoms with Gasteiger partial charge in [-0.25, -0.2) is 9.37 Å². The summed E-state index contributed by atoms with van der Waals surface area (Å²) in [4.78, 5) is 20.5. The van der Waals surface area contributed by atoms with Gasteiger partial charge in [-0.05, 0) is 29.7 Å². The first-order valence-electron chi connectivity index (χ1n) is 9.45. The normalized spacial score (nSPS) is 13.9.